The summed E-state index contributed by atoms with van der Waals surface area (Å²) < 4.78 is 15.8. The molecule has 6 nitrogen and oxygen atoms in total. The topological polar surface area (TPSA) is 72.7 Å². The van der Waals surface area contributed by atoms with E-state index in [0.717, 1.165) is 28.6 Å². The molecule has 0 spiro atoms. The molecule has 0 aliphatic rings. The molecule has 7 heteroatoms. The zero-order chi connectivity index (χ0) is 19.7. The third kappa shape index (κ3) is 3.11. The van der Waals surface area contributed by atoms with Gasteiger partial charge in [0.05, 0.1) is 11.1 Å². The highest BCUT2D eigenvalue weighted by atomic mass is 19.1. The van der Waals surface area contributed by atoms with Gasteiger partial charge in [-0.25, -0.2) is 14.1 Å². The van der Waals surface area contributed by atoms with E-state index in [1.807, 2.05) is 38.1 Å². The molecule has 0 bridgehead atoms. The molecule has 0 radical (unpaired) electrons. The number of halogens is 1. The minimum Gasteiger partial charge on any atom is -0.322 e. The predicted octanol–water partition coefficient (Wildman–Crippen LogP) is 4.08. The summed E-state index contributed by atoms with van der Waals surface area (Å²) in [5.41, 5.74) is 3.65. The van der Waals surface area contributed by atoms with Crippen LogP contribution in [0.25, 0.3) is 16.6 Å². The molecule has 0 unspecified atom stereocenters. The van der Waals surface area contributed by atoms with Crippen molar-refractivity contribution in [3.8, 4) is 5.69 Å². The van der Waals surface area contributed by atoms with Crippen molar-refractivity contribution in [2.45, 2.75) is 20.3 Å². The largest absolute Gasteiger partial charge is 0.322 e. The molecule has 2 heterocycles. The van der Waals surface area contributed by atoms with E-state index >= 15 is 0 Å². The second-order valence-corrected chi connectivity index (χ2v) is 6.39. The summed E-state index contributed by atoms with van der Waals surface area (Å²) >= 11 is 0. The van der Waals surface area contributed by atoms with Crippen molar-refractivity contribution >= 4 is 22.5 Å². The molecule has 2 aromatic heterocycles. The lowest BCUT2D eigenvalue weighted by Crippen LogP contribution is -2.16. The molecule has 0 fully saturated rings. The normalized spacial score (nSPS) is 11.0. The number of benzene rings is 2. The summed E-state index contributed by atoms with van der Waals surface area (Å²) in [6, 6.07) is 12.0. The molecule has 1 N–H and O–H groups in total. The summed E-state index contributed by atoms with van der Waals surface area (Å²) in [5.74, 6) is -0.799. The van der Waals surface area contributed by atoms with Gasteiger partial charge in [-0.2, -0.15) is 5.10 Å². The van der Waals surface area contributed by atoms with Crippen LogP contribution < -0.4 is 5.32 Å². The lowest BCUT2D eigenvalue weighted by atomic mass is 9.99. The van der Waals surface area contributed by atoms with Crippen molar-refractivity contribution in [3.05, 3.63) is 77.8 Å². The number of hydrogen-bond donors (Lipinski definition) is 1. The van der Waals surface area contributed by atoms with Gasteiger partial charge in [0.1, 0.15) is 18.3 Å². The Morgan fingerprint density at radius 3 is 2.75 bits per heavy atom. The molecule has 140 valence electrons. The molecular weight excluding hydrogens is 357 g/mol. The highest BCUT2D eigenvalue weighted by molar-refractivity contribution is 6.13. The average Bonchev–Trinajstić information content (AvgIpc) is 3.22. The number of aryl methyl sites for hydroxylation is 1. The highest BCUT2D eigenvalue weighted by Gasteiger charge is 2.18. The Bertz CT molecular complexity index is 1170. The number of anilines is 1. The van der Waals surface area contributed by atoms with Gasteiger partial charge in [0.25, 0.3) is 5.91 Å². The van der Waals surface area contributed by atoms with E-state index in [4.69, 9.17) is 0 Å². The first-order valence-corrected chi connectivity index (χ1v) is 8.92. The lowest BCUT2D eigenvalue weighted by molar-refractivity contribution is 0.102. The first-order chi connectivity index (χ1) is 13.6. The maximum atomic E-state index is 14.5. The average molecular weight is 375 g/mol. The molecule has 0 aliphatic heterocycles. The SMILES string of the molecule is CCc1nc2ccccc2c(C(=O)Nc2ccc(-n3cncn3)c(F)c2)c1C. The highest BCUT2D eigenvalue weighted by Crippen LogP contribution is 2.25. The van der Waals surface area contributed by atoms with Crippen LogP contribution in [0.1, 0.15) is 28.5 Å². The number of rotatable bonds is 4. The zero-order valence-corrected chi connectivity index (χ0v) is 15.5. The van der Waals surface area contributed by atoms with Gasteiger partial charge in [-0.05, 0) is 43.2 Å². The van der Waals surface area contributed by atoms with E-state index in [9.17, 15) is 9.18 Å². The molecule has 4 rings (SSSR count). The van der Waals surface area contributed by atoms with Crippen LogP contribution in [0.5, 0.6) is 0 Å². The molecule has 1 amide bonds. The maximum Gasteiger partial charge on any atom is 0.256 e. The monoisotopic (exact) mass is 375 g/mol. The summed E-state index contributed by atoms with van der Waals surface area (Å²) in [7, 11) is 0. The summed E-state index contributed by atoms with van der Waals surface area (Å²) in [5, 5.41) is 7.50. The maximum absolute atomic E-state index is 14.5. The van der Waals surface area contributed by atoms with E-state index in [0.29, 0.717) is 11.3 Å². The van der Waals surface area contributed by atoms with Crippen molar-refractivity contribution in [1.82, 2.24) is 19.7 Å². The Morgan fingerprint density at radius 1 is 1.21 bits per heavy atom. The summed E-state index contributed by atoms with van der Waals surface area (Å²) in [6.45, 7) is 3.89. The fourth-order valence-corrected chi connectivity index (χ4v) is 3.29. The number of para-hydroxylation sites is 1. The fraction of sp³-hybridized carbons (Fsp3) is 0.143. The van der Waals surface area contributed by atoms with E-state index in [-0.39, 0.29) is 11.6 Å². The smallest absolute Gasteiger partial charge is 0.256 e. The Hall–Kier alpha value is -3.61. The molecule has 0 atom stereocenters. The van der Waals surface area contributed by atoms with Crippen LogP contribution in [-0.2, 0) is 6.42 Å². The van der Waals surface area contributed by atoms with Gasteiger partial charge in [0, 0.05) is 16.8 Å². The van der Waals surface area contributed by atoms with E-state index in [1.54, 1.807) is 12.1 Å². The minimum absolute atomic E-state index is 0.259. The third-order valence-electron chi connectivity index (χ3n) is 4.67. The number of fused-ring (bicyclic) bond motifs is 1. The van der Waals surface area contributed by atoms with Crippen LogP contribution in [0, 0.1) is 12.7 Å². The van der Waals surface area contributed by atoms with Crippen molar-refractivity contribution in [2.75, 3.05) is 5.32 Å². The second kappa shape index (κ2) is 7.19. The van der Waals surface area contributed by atoms with Crippen molar-refractivity contribution in [1.29, 1.82) is 0 Å². The number of carbonyl (C=O) groups is 1. The first kappa shape index (κ1) is 17.8. The van der Waals surface area contributed by atoms with Crippen LogP contribution in [0.3, 0.4) is 0 Å². The van der Waals surface area contributed by atoms with Gasteiger partial charge in [-0.1, -0.05) is 25.1 Å². The second-order valence-electron chi connectivity index (χ2n) is 6.39. The van der Waals surface area contributed by atoms with Gasteiger partial charge in [-0.15, -0.1) is 0 Å². The number of amides is 1. The van der Waals surface area contributed by atoms with Gasteiger partial charge < -0.3 is 5.32 Å². The Labute approximate surface area is 161 Å². The third-order valence-corrected chi connectivity index (χ3v) is 4.67. The van der Waals surface area contributed by atoms with Crippen LogP contribution in [0.2, 0.25) is 0 Å². The Kier molecular flexibility index (Phi) is 4.57. The lowest BCUT2D eigenvalue weighted by Gasteiger charge is -2.14. The zero-order valence-electron chi connectivity index (χ0n) is 15.5. The standard InChI is InChI=1S/C21H18FN5O/c1-3-17-13(2)20(15-6-4-5-7-18(15)26-17)21(28)25-14-8-9-19(16(22)10-14)27-12-23-11-24-27/h4-12H,3H2,1-2H3,(H,25,28). The summed E-state index contributed by atoms with van der Waals surface area (Å²) in [4.78, 5) is 21.5. The van der Waals surface area contributed by atoms with Gasteiger partial charge in [0.2, 0.25) is 0 Å². The van der Waals surface area contributed by atoms with Gasteiger partial charge in [0.15, 0.2) is 5.82 Å². The van der Waals surface area contributed by atoms with Crippen molar-refractivity contribution in [3.63, 3.8) is 0 Å². The molecule has 0 aliphatic carbocycles. The number of hydrogen-bond acceptors (Lipinski definition) is 4. The Morgan fingerprint density at radius 2 is 2.04 bits per heavy atom. The van der Waals surface area contributed by atoms with Crippen LogP contribution in [-0.4, -0.2) is 25.7 Å². The van der Waals surface area contributed by atoms with Gasteiger partial charge in [-0.3, -0.25) is 9.78 Å². The first-order valence-electron chi connectivity index (χ1n) is 8.92. The molecule has 28 heavy (non-hydrogen) atoms. The predicted molar refractivity (Wildman–Crippen MR) is 105 cm³/mol. The van der Waals surface area contributed by atoms with Crippen LogP contribution >= 0.6 is 0 Å². The van der Waals surface area contributed by atoms with Crippen molar-refractivity contribution < 1.29 is 9.18 Å². The van der Waals surface area contributed by atoms with Gasteiger partial charge >= 0.3 is 0 Å². The molecule has 2 aromatic carbocycles. The minimum atomic E-state index is -0.506. The molecular formula is C21H18FN5O. The van der Waals surface area contributed by atoms with Crippen molar-refractivity contribution in [2.24, 2.45) is 0 Å². The fourth-order valence-electron chi connectivity index (χ4n) is 3.29. The number of carbonyl (C=O) groups excluding carboxylic acids is 1. The van der Waals surface area contributed by atoms with Crippen LogP contribution in [0.15, 0.2) is 55.1 Å². The van der Waals surface area contributed by atoms with E-state index < -0.39 is 5.82 Å². The van der Waals surface area contributed by atoms with E-state index in [1.165, 1.54) is 23.4 Å². The number of aromatic nitrogens is 4. The molecule has 0 saturated heterocycles. The molecule has 0 saturated carbocycles. The number of nitrogens with one attached hydrogen (secondary N) is 1. The van der Waals surface area contributed by atoms with E-state index in [2.05, 4.69) is 20.4 Å². The molecule has 4 aromatic rings. The quantitative estimate of drug-likeness (QED) is 0.583. The Balaban J connectivity index is 1.71. The van der Waals surface area contributed by atoms with Crippen LogP contribution in [0.4, 0.5) is 10.1 Å². The number of nitrogens with zero attached hydrogens (tertiary/aromatic N) is 4. The number of pyridine rings is 1. The summed E-state index contributed by atoms with van der Waals surface area (Å²) in [6.07, 6.45) is 3.46.